The van der Waals surface area contributed by atoms with Gasteiger partial charge >= 0.3 is 0 Å². The van der Waals surface area contributed by atoms with Crippen LogP contribution in [-0.2, 0) is 4.79 Å². The van der Waals surface area contributed by atoms with Gasteiger partial charge in [-0.25, -0.2) is 0 Å². The maximum absolute atomic E-state index is 12.7. The quantitative estimate of drug-likeness (QED) is 0.710. The SMILES string of the molecule is CC1(C)[C@@H]2CC[C@@]1([C@H]1SC3CCC1CC3)C(=O)C2. The average molecular weight is 264 g/mol. The molecule has 0 spiro atoms. The first-order valence-electron chi connectivity index (χ1n) is 7.74. The van der Waals surface area contributed by atoms with Crippen LogP contribution in [0.25, 0.3) is 0 Å². The van der Waals surface area contributed by atoms with Gasteiger partial charge in [0.15, 0.2) is 0 Å². The summed E-state index contributed by atoms with van der Waals surface area (Å²) in [5.74, 6) is 2.17. The van der Waals surface area contributed by atoms with Crippen LogP contribution in [0.15, 0.2) is 0 Å². The molecule has 3 aliphatic carbocycles. The second-order valence-electron chi connectivity index (χ2n) is 7.65. The molecule has 2 saturated heterocycles. The standard InChI is InChI=1S/C16H24OS/c1-15(2)11-7-8-16(15,13(17)9-11)14-10-3-5-12(18-14)6-4-10/h10-12,14H,3-9H2,1-2H3/t10?,11-,12?,14+,16+/m1/s1. The fourth-order valence-electron chi connectivity index (χ4n) is 5.74. The van der Waals surface area contributed by atoms with Gasteiger partial charge in [0.1, 0.15) is 5.78 Å². The Morgan fingerprint density at radius 2 is 1.83 bits per heavy atom. The third-order valence-electron chi connectivity index (χ3n) is 6.96. The highest BCUT2D eigenvalue weighted by Gasteiger charge is 2.68. The van der Waals surface area contributed by atoms with Gasteiger partial charge in [0.25, 0.3) is 0 Å². The maximum atomic E-state index is 12.7. The first-order chi connectivity index (χ1) is 8.55. The molecule has 2 aliphatic heterocycles. The second kappa shape index (κ2) is 3.56. The highest BCUT2D eigenvalue weighted by molar-refractivity contribution is 8.00. The summed E-state index contributed by atoms with van der Waals surface area (Å²) >= 11 is 2.21. The van der Waals surface area contributed by atoms with E-state index >= 15 is 0 Å². The van der Waals surface area contributed by atoms with Gasteiger partial charge in [-0.2, -0.15) is 11.8 Å². The van der Waals surface area contributed by atoms with Crippen molar-refractivity contribution in [3.05, 3.63) is 0 Å². The van der Waals surface area contributed by atoms with Gasteiger partial charge in [-0.05, 0) is 55.8 Å². The molecule has 0 radical (unpaired) electrons. The largest absolute Gasteiger partial charge is 0.299 e. The van der Waals surface area contributed by atoms with Crippen LogP contribution in [-0.4, -0.2) is 16.3 Å². The summed E-state index contributed by atoms with van der Waals surface area (Å²) in [5, 5.41) is 1.54. The minimum atomic E-state index is 0.0616. The summed E-state index contributed by atoms with van der Waals surface area (Å²) in [6.45, 7) is 4.80. The van der Waals surface area contributed by atoms with Crippen LogP contribution in [0.5, 0.6) is 0 Å². The highest BCUT2D eigenvalue weighted by Crippen LogP contribution is 2.70. The van der Waals surface area contributed by atoms with E-state index in [0.717, 1.165) is 17.6 Å². The van der Waals surface area contributed by atoms with Crippen LogP contribution in [0.1, 0.15) is 58.8 Å². The predicted octanol–water partition coefficient (Wildman–Crippen LogP) is 4.06. The fraction of sp³-hybridized carbons (Fsp3) is 0.938. The third-order valence-corrected chi connectivity index (χ3v) is 8.90. The molecule has 0 aromatic heterocycles. The molecule has 5 fully saturated rings. The monoisotopic (exact) mass is 264 g/mol. The van der Waals surface area contributed by atoms with Gasteiger partial charge in [-0.3, -0.25) is 4.79 Å². The first-order valence-corrected chi connectivity index (χ1v) is 8.69. The summed E-state index contributed by atoms with van der Waals surface area (Å²) in [5.41, 5.74) is 0.339. The minimum absolute atomic E-state index is 0.0616. The lowest BCUT2D eigenvalue weighted by Crippen LogP contribution is -2.52. The lowest BCUT2D eigenvalue weighted by Gasteiger charge is -2.52. The van der Waals surface area contributed by atoms with Gasteiger partial charge in [-0.1, -0.05) is 13.8 Å². The number of rotatable bonds is 1. The van der Waals surface area contributed by atoms with E-state index in [1.54, 1.807) is 0 Å². The molecule has 0 aromatic rings. The zero-order chi connectivity index (χ0) is 12.5. The maximum Gasteiger partial charge on any atom is 0.140 e. The summed E-state index contributed by atoms with van der Waals surface area (Å²) in [6, 6.07) is 0. The Kier molecular flexibility index (Phi) is 2.34. The van der Waals surface area contributed by atoms with Crippen molar-refractivity contribution in [3.63, 3.8) is 0 Å². The minimum Gasteiger partial charge on any atom is -0.299 e. The lowest BCUT2D eigenvalue weighted by molar-refractivity contribution is -0.130. The molecule has 18 heavy (non-hydrogen) atoms. The van der Waals surface area contributed by atoms with Gasteiger partial charge in [-0.15, -0.1) is 0 Å². The first kappa shape index (κ1) is 11.8. The molecule has 3 atom stereocenters. The molecule has 2 heterocycles. The number of carbonyl (C=O) groups excluding carboxylic acids is 1. The molecular formula is C16H24OS. The zero-order valence-corrected chi connectivity index (χ0v) is 12.4. The lowest BCUT2D eigenvalue weighted by atomic mass is 9.62. The summed E-state index contributed by atoms with van der Waals surface area (Å²) < 4.78 is 0. The number of thioether (sulfide) groups is 1. The Labute approximate surface area is 114 Å². The number of hydrogen-bond donors (Lipinski definition) is 0. The van der Waals surface area contributed by atoms with Crippen molar-refractivity contribution in [2.24, 2.45) is 22.7 Å². The Morgan fingerprint density at radius 1 is 1.11 bits per heavy atom. The molecule has 3 saturated carbocycles. The number of carbonyl (C=O) groups is 1. The summed E-state index contributed by atoms with van der Waals surface area (Å²) in [7, 11) is 0. The van der Waals surface area contributed by atoms with E-state index in [-0.39, 0.29) is 10.8 Å². The number of Topliss-reactive ketones (excluding diaryl/α,β-unsaturated/α-hetero) is 1. The van der Waals surface area contributed by atoms with Crippen LogP contribution in [0.3, 0.4) is 0 Å². The van der Waals surface area contributed by atoms with Crippen molar-refractivity contribution in [3.8, 4) is 0 Å². The summed E-state index contributed by atoms with van der Waals surface area (Å²) in [6.07, 6.45) is 9.04. The van der Waals surface area contributed by atoms with Crippen LogP contribution in [0.2, 0.25) is 0 Å². The van der Waals surface area contributed by atoms with Crippen molar-refractivity contribution in [2.75, 3.05) is 0 Å². The van der Waals surface area contributed by atoms with Gasteiger partial charge in [0, 0.05) is 22.3 Å². The van der Waals surface area contributed by atoms with E-state index in [9.17, 15) is 4.79 Å². The molecule has 1 nitrogen and oxygen atoms in total. The van der Waals surface area contributed by atoms with Crippen LogP contribution in [0.4, 0.5) is 0 Å². The second-order valence-corrected chi connectivity index (χ2v) is 9.10. The average Bonchev–Trinajstić information content (AvgIpc) is 2.74. The summed E-state index contributed by atoms with van der Waals surface area (Å²) in [4.78, 5) is 12.7. The molecule has 0 N–H and O–H groups in total. The molecule has 0 unspecified atom stereocenters. The normalized spacial score (nSPS) is 53.1. The van der Waals surface area contributed by atoms with E-state index in [2.05, 4.69) is 25.6 Å². The Balaban J connectivity index is 1.76. The van der Waals surface area contributed by atoms with E-state index < -0.39 is 0 Å². The van der Waals surface area contributed by atoms with Crippen molar-refractivity contribution in [2.45, 2.75) is 69.3 Å². The molecule has 100 valence electrons. The number of hydrogen-bond acceptors (Lipinski definition) is 2. The van der Waals surface area contributed by atoms with E-state index in [4.69, 9.17) is 0 Å². The van der Waals surface area contributed by atoms with Gasteiger partial charge in [0.2, 0.25) is 0 Å². The van der Waals surface area contributed by atoms with E-state index in [1.807, 2.05) is 0 Å². The van der Waals surface area contributed by atoms with Crippen molar-refractivity contribution >= 4 is 17.5 Å². The molecular weight excluding hydrogens is 240 g/mol. The van der Waals surface area contributed by atoms with Crippen LogP contribution in [0, 0.1) is 22.7 Å². The van der Waals surface area contributed by atoms with Crippen molar-refractivity contribution in [1.82, 2.24) is 0 Å². The topological polar surface area (TPSA) is 17.1 Å². The Bertz CT molecular complexity index is 394. The van der Waals surface area contributed by atoms with Crippen LogP contribution >= 0.6 is 11.8 Å². The van der Waals surface area contributed by atoms with Crippen molar-refractivity contribution in [1.29, 1.82) is 0 Å². The molecule has 0 amide bonds. The van der Waals surface area contributed by atoms with Crippen molar-refractivity contribution < 1.29 is 4.79 Å². The fourth-order valence-corrected chi connectivity index (χ4v) is 7.98. The van der Waals surface area contributed by atoms with E-state index in [0.29, 0.717) is 17.0 Å². The molecule has 2 heteroatoms. The Hall–Kier alpha value is 0.0200. The number of fused-ring (bicyclic) bond motifs is 6. The predicted molar refractivity (Wildman–Crippen MR) is 75.7 cm³/mol. The van der Waals surface area contributed by atoms with Gasteiger partial charge < -0.3 is 0 Å². The molecule has 0 aromatic carbocycles. The molecule has 5 aliphatic rings. The Morgan fingerprint density at radius 3 is 2.28 bits per heavy atom. The van der Waals surface area contributed by atoms with Crippen LogP contribution < -0.4 is 0 Å². The molecule has 5 rings (SSSR count). The molecule has 4 bridgehead atoms. The smallest absolute Gasteiger partial charge is 0.140 e. The number of ketones is 1. The van der Waals surface area contributed by atoms with Gasteiger partial charge in [0.05, 0.1) is 0 Å². The third kappa shape index (κ3) is 1.19. The zero-order valence-electron chi connectivity index (χ0n) is 11.6. The van der Waals surface area contributed by atoms with E-state index in [1.165, 1.54) is 38.5 Å². The highest BCUT2D eigenvalue weighted by atomic mass is 32.2.